The van der Waals surface area contributed by atoms with Crippen LogP contribution in [-0.2, 0) is 0 Å². The van der Waals surface area contributed by atoms with Gasteiger partial charge in [-0.15, -0.1) is 0 Å². The minimum absolute atomic E-state index is 0.164. The van der Waals surface area contributed by atoms with Crippen LogP contribution in [0.15, 0.2) is 30.3 Å². The molecule has 0 unspecified atom stereocenters. The van der Waals surface area contributed by atoms with Crippen molar-refractivity contribution in [2.45, 2.75) is 0 Å². The average molecular weight is 255 g/mol. The van der Waals surface area contributed by atoms with Gasteiger partial charge in [-0.3, -0.25) is 0 Å². The van der Waals surface area contributed by atoms with Crippen LogP contribution in [0.1, 0.15) is 0 Å². The molecule has 0 amide bonds. The zero-order valence-electron chi connectivity index (χ0n) is 8.95. The minimum atomic E-state index is -0.990. The van der Waals surface area contributed by atoms with E-state index >= 15 is 0 Å². The number of aromatic nitrogens is 1. The first-order valence-electron chi connectivity index (χ1n) is 4.86. The van der Waals surface area contributed by atoms with Gasteiger partial charge in [0.25, 0.3) is 5.88 Å². The van der Waals surface area contributed by atoms with E-state index in [-0.39, 0.29) is 11.6 Å². The molecule has 0 bridgehead atoms. The Morgan fingerprint density at radius 2 is 1.72 bits per heavy atom. The van der Waals surface area contributed by atoms with Gasteiger partial charge in [0.1, 0.15) is 11.6 Å². The topological polar surface area (TPSA) is 60.2 Å². The summed E-state index contributed by atoms with van der Waals surface area (Å²) in [7, 11) is 0. The van der Waals surface area contributed by atoms with Gasteiger partial charge in [-0.2, -0.15) is 4.98 Å². The molecule has 2 aromatic rings. The number of pyridine rings is 1. The van der Waals surface area contributed by atoms with Gasteiger partial charge >= 0.3 is 0 Å². The Morgan fingerprint density at radius 1 is 1.06 bits per heavy atom. The monoisotopic (exact) mass is 255 g/mol. The van der Waals surface area contributed by atoms with Gasteiger partial charge < -0.3 is 10.2 Å². The Labute approximate surface area is 100 Å². The van der Waals surface area contributed by atoms with E-state index in [0.29, 0.717) is 6.07 Å². The molecule has 1 aromatic carbocycles. The molecule has 0 saturated heterocycles. The van der Waals surface area contributed by atoms with Gasteiger partial charge in [0.05, 0.1) is 0 Å². The summed E-state index contributed by atoms with van der Waals surface area (Å²) in [6.45, 7) is 0. The fraction of sp³-hybridized carbons (Fsp3) is 0. The number of hydrogen-bond donors (Lipinski definition) is 2. The average Bonchev–Trinajstić information content (AvgIpc) is 2.35. The van der Waals surface area contributed by atoms with Crippen molar-refractivity contribution in [1.82, 2.24) is 4.98 Å². The molecule has 1 aromatic heterocycles. The minimum Gasteiger partial charge on any atom is -0.436 e. The second kappa shape index (κ2) is 4.92. The molecule has 2 rings (SSSR count). The lowest BCUT2D eigenvalue weighted by atomic mass is 10.3. The predicted molar refractivity (Wildman–Crippen MR) is 58.4 cm³/mol. The molecule has 0 saturated carbocycles. The number of hydrogen-bond acceptors (Lipinski definition) is 4. The first-order valence-corrected chi connectivity index (χ1v) is 4.86. The molecule has 0 aliphatic heterocycles. The van der Waals surface area contributed by atoms with Crippen LogP contribution in [0.2, 0.25) is 0 Å². The van der Waals surface area contributed by atoms with Crippen molar-refractivity contribution in [3.63, 3.8) is 0 Å². The van der Waals surface area contributed by atoms with Crippen LogP contribution in [0.25, 0.3) is 0 Å². The fourth-order valence-electron chi connectivity index (χ4n) is 1.24. The van der Waals surface area contributed by atoms with Crippen molar-refractivity contribution in [3.05, 3.63) is 47.8 Å². The molecular formula is C11H8F3N3O. The molecule has 0 fully saturated rings. The molecule has 0 aliphatic carbocycles. The highest BCUT2D eigenvalue weighted by atomic mass is 19.1. The van der Waals surface area contributed by atoms with Crippen molar-refractivity contribution >= 4 is 5.82 Å². The third-order valence-electron chi connectivity index (χ3n) is 2.06. The van der Waals surface area contributed by atoms with Crippen LogP contribution in [0.3, 0.4) is 0 Å². The van der Waals surface area contributed by atoms with Crippen molar-refractivity contribution in [3.8, 4) is 11.6 Å². The number of rotatable bonds is 3. The Kier molecular flexibility index (Phi) is 3.33. The first-order chi connectivity index (χ1) is 8.60. The van der Waals surface area contributed by atoms with Gasteiger partial charge in [-0.05, 0) is 24.3 Å². The third kappa shape index (κ3) is 2.51. The van der Waals surface area contributed by atoms with Crippen LogP contribution in [0, 0.1) is 17.5 Å². The molecule has 7 heteroatoms. The highest BCUT2D eigenvalue weighted by Crippen LogP contribution is 2.25. The van der Waals surface area contributed by atoms with Crippen LogP contribution < -0.4 is 16.0 Å². The van der Waals surface area contributed by atoms with E-state index in [1.165, 1.54) is 12.1 Å². The van der Waals surface area contributed by atoms with Gasteiger partial charge in [0, 0.05) is 6.07 Å². The molecule has 0 radical (unpaired) electrons. The Bertz CT molecular complexity index is 560. The molecule has 94 valence electrons. The number of nitrogens with zero attached hydrogens (tertiary/aromatic N) is 1. The number of nitrogen functional groups attached to an aromatic ring is 1. The van der Waals surface area contributed by atoms with Crippen LogP contribution in [0.5, 0.6) is 11.6 Å². The van der Waals surface area contributed by atoms with Gasteiger partial charge in [-0.1, -0.05) is 0 Å². The summed E-state index contributed by atoms with van der Waals surface area (Å²) in [4.78, 5) is 3.51. The summed E-state index contributed by atoms with van der Waals surface area (Å²) in [5, 5.41) is 0. The molecule has 3 N–H and O–H groups in total. The maximum absolute atomic E-state index is 13.4. The van der Waals surface area contributed by atoms with E-state index in [2.05, 4.69) is 4.98 Å². The smallest absolute Gasteiger partial charge is 0.258 e. The molecule has 0 spiro atoms. The molecule has 18 heavy (non-hydrogen) atoms. The lowest BCUT2D eigenvalue weighted by Gasteiger charge is -2.08. The Morgan fingerprint density at radius 3 is 2.33 bits per heavy atom. The SMILES string of the molecule is NNc1nc(Oc2ccc(F)cc2)c(F)cc1F. The van der Waals surface area contributed by atoms with Crippen LogP contribution in [-0.4, -0.2) is 4.98 Å². The zero-order chi connectivity index (χ0) is 13.1. The van der Waals surface area contributed by atoms with Crippen molar-refractivity contribution < 1.29 is 17.9 Å². The highest BCUT2D eigenvalue weighted by Gasteiger charge is 2.13. The van der Waals surface area contributed by atoms with E-state index in [4.69, 9.17) is 10.6 Å². The number of halogens is 3. The second-order valence-corrected chi connectivity index (χ2v) is 3.31. The fourth-order valence-corrected chi connectivity index (χ4v) is 1.24. The lowest BCUT2D eigenvalue weighted by Crippen LogP contribution is -2.11. The largest absolute Gasteiger partial charge is 0.436 e. The van der Waals surface area contributed by atoms with E-state index in [1.54, 1.807) is 0 Å². The molecule has 1 heterocycles. The van der Waals surface area contributed by atoms with Gasteiger partial charge in [0.15, 0.2) is 17.5 Å². The molecule has 0 atom stereocenters. The van der Waals surface area contributed by atoms with Crippen molar-refractivity contribution in [2.24, 2.45) is 5.84 Å². The molecule has 0 aliphatic rings. The van der Waals surface area contributed by atoms with E-state index in [1.807, 2.05) is 5.43 Å². The van der Waals surface area contributed by atoms with Crippen LogP contribution >= 0.6 is 0 Å². The predicted octanol–water partition coefficient (Wildman–Crippen LogP) is 2.58. The van der Waals surface area contributed by atoms with Crippen LogP contribution in [0.4, 0.5) is 19.0 Å². The maximum Gasteiger partial charge on any atom is 0.258 e. The lowest BCUT2D eigenvalue weighted by molar-refractivity contribution is 0.417. The van der Waals surface area contributed by atoms with Crippen molar-refractivity contribution in [1.29, 1.82) is 0 Å². The number of hydrazine groups is 1. The third-order valence-corrected chi connectivity index (χ3v) is 2.06. The normalized spacial score (nSPS) is 10.2. The van der Waals surface area contributed by atoms with Gasteiger partial charge in [-0.25, -0.2) is 19.0 Å². The molecule has 4 nitrogen and oxygen atoms in total. The summed E-state index contributed by atoms with van der Waals surface area (Å²) >= 11 is 0. The Balaban J connectivity index is 2.31. The Hall–Kier alpha value is -2.28. The second-order valence-electron chi connectivity index (χ2n) is 3.31. The maximum atomic E-state index is 13.4. The highest BCUT2D eigenvalue weighted by molar-refractivity contribution is 5.39. The van der Waals surface area contributed by atoms with E-state index in [0.717, 1.165) is 12.1 Å². The summed E-state index contributed by atoms with van der Waals surface area (Å²) in [5.41, 5.74) is 1.96. The zero-order valence-corrected chi connectivity index (χ0v) is 8.95. The summed E-state index contributed by atoms with van der Waals surface area (Å²) < 4.78 is 44.1. The van der Waals surface area contributed by atoms with E-state index < -0.39 is 23.3 Å². The summed E-state index contributed by atoms with van der Waals surface area (Å²) in [6, 6.07) is 5.43. The number of nitrogens with two attached hydrogens (primary N) is 1. The number of nitrogens with one attached hydrogen (secondary N) is 1. The van der Waals surface area contributed by atoms with E-state index in [9.17, 15) is 13.2 Å². The standard InChI is InChI=1S/C11H8F3N3O/c12-6-1-3-7(4-2-6)18-11-9(14)5-8(13)10(16-11)17-15/h1-5H,15H2,(H,16,17). The summed E-state index contributed by atoms with van der Waals surface area (Å²) in [5.74, 6) is 1.96. The van der Waals surface area contributed by atoms with Crippen molar-refractivity contribution in [2.75, 3.05) is 5.43 Å². The quantitative estimate of drug-likeness (QED) is 0.653. The number of anilines is 1. The number of ether oxygens (including phenoxy) is 1. The number of benzene rings is 1. The summed E-state index contributed by atoms with van der Waals surface area (Å²) in [6.07, 6.45) is 0. The molecular weight excluding hydrogens is 247 g/mol. The first kappa shape index (κ1) is 12.2. The van der Waals surface area contributed by atoms with Gasteiger partial charge in [0.2, 0.25) is 0 Å².